The zero-order chi connectivity index (χ0) is 13.1. The van der Waals surface area contributed by atoms with Crippen LogP contribution in [0.5, 0.6) is 5.75 Å². The van der Waals surface area contributed by atoms with Crippen LogP contribution < -0.4 is 16.2 Å². The van der Waals surface area contributed by atoms with Crippen molar-refractivity contribution in [3.05, 3.63) is 59.2 Å². The Morgan fingerprint density at radius 3 is 2.56 bits per heavy atom. The summed E-state index contributed by atoms with van der Waals surface area (Å²) in [4.78, 5) is 0. The van der Waals surface area contributed by atoms with E-state index in [4.69, 9.17) is 16.2 Å². The van der Waals surface area contributed by atoms with Crippen molar-refractivity contribution in [3.63, 3.8) is 0 Å². The number of nitrogen functional groups attached to an aromatic ring is 1. The van der Waals surface area contributed by atoms with E-state index in [2.05, 4.69) is 0 Å². The molecule has 0 saturated heterocycles. The monoisotopic (exact) mass is 242 g/mol. The third kappa shape index (κ3) is 2.46. The van der Waals surface area contributed by atoms with Crippen LogP contribution in [0.2, 0.25) is 0 Å². The molecule has 1 atom stereocenters. The molecule has 4 N–H and O–H groups in total. The summed E-state index contributed by atoms with van der Waals surface area (Å²) in [6.45, 7) is 2.01. The van der Waals surface area contributed by atoms with Gasteiger partial charge in [0.1, 0.15) is 5.75 Å². The first kappa shape index (κ1) is 12.5. The van der Waals surface area contributed by atoms with E-state index in [9.17, 15) is 0 Å². The van der Waals surface area contributed by atoms with Crippen molar-refractivity contribution in [1.82, 2.24) is 0 Å². The highest BCUT2D eigenvalue weighted by Crippen LogP contribution is 2.27. The summed E-state index contributed by atoms with van der Waals surface area (Å²) in [5.41, 5.74) is 16.1. The van der Waals surface area contributed by atoms with Crippen molar-refractivity contribution in [2.75, 3.05) is 12.8 Å². The van der Waals surface area contributed by atoms with Gasteiger partial charge in [-0.15, -0.1) is 0 Å². The first-order chi connectivity index (χ1) is 8.61. The van der Waals surface area contributed by atoms with Gasteiger partial charge in [0.05, 0.1) is 13.2 Å². The number of ether oxygens (including phenoxy) is 1. The normalized spacial score (nSPS) is 12.2. The van der Waals surface area contributed by atoms with Gasteiger partial charge in [-0.1, -0.05) is 24.3 Å². The van der Waals surface area contributed by atoms with Crippen LogP contribution in [0.3, 0.4) is 0 Å². The van der Waals surface area contributed by atoms with Crippen molar-refractivity contribution in [1.29, 1.82) is 0 Å². The molecule has 18 heavy (non-hydrogen) atoms. The summed E-state index contributed by atoms with van der Waals surface area (Å²) in [7, 11) is 1.64. The topological polar surface area (TPSA) is 61.3 Å². The average molecular weight is 242 g/mol. The maximum atomic E-state index is 6.26. The molecule has 1 unspecified atom stereocenters. The third-order valence-electron chi connectivity index (χ3n) is 3.03. The highest BCUT2D eigenvalue weighted by atomic mass is 16.5. The minimum absolute atomic E-state index is 0.235. The number of anilines is 1. The predicted molar refractivity (Wildman–Crippen MR) is 74.6 cm³/mol. The number of aryl methyl sites for hydroxylation is 1. The van der Waals surface area contributed by atoms with E-state index in [1.54, 1.807) is 7.11 Å². The Morgan fingerprint density at radius 1 is 1.11 bits per heavy atom. The molecule has 0 heterocycles. The van der Waals surface area contributed by atoms with Crippen molar-refractivity contribution >= 4 is 5.69 Å². The fourth-order valence-electron chi connectivity index (χ4n) is 1.99. The maximum absolute atomic E-state index is 6.26. The Morgan fingerprint density at radius 2 is 1.89 bits per heavy atom. The number of nitrogens with two attached hydrogens (primary N) is 2. The zero-order valence-corrected chi connectivity index (χ0v) is 10.7. The van der Waals surface area contributed by atoms with Crippen LogP contribution in [0.25, 0.3) is 0 Å². The fourth-order valence-corrected chi connectivity index (χ4v) is 1.99. The average Bonchev–Trinajstić information content (AvgIpc) is 2.38. The Labute approximate surface area is 107 Å². The second-order valence-electron chi connectivity index (χ2n) is 4.39. The molecular weight excluding hydrogens is 224 g/mol. The number of methoxy groups -OCH3 is 1. The molecule has 3 nitrogen and oxygen atoms in total. The van der Waals surface area contributed by atoms with Crippen LogP contribution in [0.1, 0.15) is 22.7 Å². The first-order valence-electron chi connectivity index (χ1n) is 5.87. The third-order valence-corrected chi connectivity index (χ3v) is 3.03. The molecule has 0 aliphatic heterocycles. The molecule has 3 heteroatoms. The quantitative estimate of drug-likeness (QED) is 0.813. The second-order valence-corrected chi connectivity index (χ2v) is 4.39. The summed E-state index contributed by atoms with van der Waals surface area (Å²) >= 11 is 0. The van der Waals surface area contributed by atoms with Crippen LogP contribution in [0, 0.1) is 6.92 Å². The van der Waals surface area contributed by atoms with Gasteiger partial charge in [0.15, 0.2) is 0 Å². The van der Waals surface area contributed by atoms with Gasteiger partial charge in [0, 0.05) is 5.69 Å². The fraction of sp³-hybridized carbons (Fsp3) is 0.200. The lowest BCUT2D eigenvalue weighted by molar-refractivity contribution is 0.414. The summed E-state index contributed by atoms with van der Waals surface area (Å²) in [6.07, 6.45) is 0. The molecule has 0 aliphatic carbocycles. The highest BCUT2D eigenvalue weighted by Gasteiger charge is 2.12. The van der Waals surface area contributed by atoms with Crippen molar-refractivity contribution in [2.24, 2.45) is 5.73 Å². The molecule has 0 saturated carbocycles. The lowest BCUT2D eigenvalue weighted by atomic mass is 9.97. The largest absolute Gasteiger partial charge is 0.497 e. The summed E-state index contributed by atoms with van der Waals surface area (Å²) in [5.74, 6) is 0.800. The van der Waals surface area contributed by atoms with Crippen molar-refractivity contribution in [2.45, 2.75) is 13.0 Å². The van der Waals surface area contributed by atoms with E-state index >= 15 is 0 Å². The molecule has 0 amide bonds. The van der Waals surface area contributed by atoms with Crippen LogP contribution in [-0.2, 0) is 0 Å². The van der Waals surface area contributed by atoms with E-state index in [1.165, 1.54) is 0 Å². The SMILES string of the molecule is COc1cccc(C(N)c2ccc(C)cc2N)c1. The lowest BCUT2D eigenvalue weighted by Gasteiger charge is -2.16. The summed E-state index contributed by atoms with van der Waals surface area (Å²) in [5, 5.41) is 0. The minimum atomic E-state index is -0.235. The van der Waals surface area contributed by atoms with Crippen molar-refractivity contribution < 1.29 is 4.74 Å². The molecule has 0 radical (unpaired) electrons. The van der Waals surface area contributed by atoms with E-state index in [-0.39, 0.29) is 6.04 Å². The van der Waals surface area contributed by atoms with Gasteiger partial charge in [-0.05, 0) is 41.8 Å². The maximum Gasteiger partial charge on any atom is 0.119 e. The number of rotatable bonds is 3. The number of hydrogen-bond donors (Lipinski definition) is 2. The molecule has 0 bridgehead atoms. The van der Waals surface area contributed by atoms with Gasteiger partial charge in [-0.2, -0.15) is 0 Å². The van der Waals surface area contributed by atoms with Gasteiger partial charge < -0.3 is 16.2 Å². The molecule has 0 spiro atoms. The van der Waals surface area contributed by atoms with Crippen LogP contribution >= 0.6 is 0 Å². The number of hydrogen-bond acceptors (Lipinski definition) is 3. The standard InChI is InChI=1S/C15H18N2O/c1-10-6-7-13(14(16)8-10)15(17)11-4-3-5-12(9-11)18-2/h3-9,15H,16-17H2,1-2H3. The summed E-state index contributed by atoms with van der Waals surface area (Å²) < 4.78 is 5.20. The zero-order valence-electron chi connectivity index (χ0n) is 10.7. The Bertz CT molecular complexity index is 552. The van der Waals surface area contributed by atoms with E-state index < -0.39 is 0 Å². The van der Waals surface area contributed by atoms with Gasteiger partial charge >= 0.3 is 0 Å². The lowest BCUT2D eigenvalue weighted by Crippen LogP contribution is -2.14. The predicted octanol–water partition coefficient (Wildman–Crippen LogP) is 2.63. The van der Waals surface area contributed by atoms with Crippen molar-refractivity contribution in [3.8, 4) is 5.75 Å². The molecule has 2 aromatic carbocycles. The molecule has 0 aromatic heterocycles. The van der Waals surface area contributed by atoms with Crippen LogP contribution in [0.4, 0.5) is 5.69 Å². The minimum Gasteiger partial charge on any atom is -0.497 e. The highest BCUT2D eigenvalue weighted by molar-refractivity contribution is 5.53. The van der Waals surface area contributed by atoms with Crippen LogP contribution in [0.15, 0.2) is 42.5 Å². The van der Waals surface area contributed by atoms with Gasteiger partial charge in [-0.25, -0.2) is 0 Å². The Hall–Kier alpha value is -2.00. The molecule has 0 aliphatic rings. The molecule has 0 fully saturated rings. The smallest absolute Gasteiger partial charge is 0.119 e. The first-order valence-corrected chi connectivity index (χ1v) is 5.87. The van der Waals surface area contributed by atoms with E-state index in [0.717, 1.165) is 28.1 Å². The Balaban J connectivity index is 2.37. The Kier molecular flexibility index (Phi) is 3.53. The van der Waals surface area contributed by atoms with Gasteiger partial charge in [-0.3, -0.25) is 0 Å². The van der Waals surface area contributed by atoms with Crippen LogP contribution in [-0.4, -0.2) is 7.11 Å². The summed E-state index contributed by atoms with van der Waals surface area (Å²) in [6, 6.07) is 13.4. The van der Waals surface area contributed by atoms with Gasteiger partial charge in [0.2, 0.25) is 0 Å². The molecular formula is C15H18N2O. The second kappa shape index (κ2) is 5.10. The number of benzene rings is 2. The van der Waals surface area contributed by atoms with E-state index in [1.807, 2.05) is 49.4 Å². The molecule has 2 aromatic rings. The molecule has 94 valence electrons. The molecule has 2 rings (SSSR count). The van der Waals surface area contributed by atoms with Gasteiger partial charge in [0.25, 0.3) is 0 Å². The van der Waals surface area contributed by atoms with E-state index in [0.29, 0.717) is 0 Å².